The van der Waals surface area contributed by atoms with Crippen molar-refractivity contribution < 1.29 is 47.9 Å². The number of nitrogens with two attached hydrogens (primary N) is 1. The van der Waals surface area contributed by atoms with Crippen molar-refractivity contribution in [1.82, 2.24) is 5.32 Å². The predicted octanol–water partition coefficient (Wildman–Crippen LogP) is 7.15. The number of aliphatic carboxylic acids is 1. The summed E-state index contributed by atoms with van der Waals surface area (Å²) in [7, 11) is 1.27. The lowest BCUT2D eigenvalue weighted by molar-refractivity contribution is -0.143. The Kier molecular flexibility index (Phi) is 11.6. The first-order valence-electron chi connectivity index (χ1n) is 15.1. The van der Waals surface area contributed by atoms with Gasteiger partial charge in [-0.05, 0) is 57.2 Å². The molecule has 0 radical (unpaired) electrons. The highest BCUT2D eigenvalue weighted by atomic mass is 35.5. The predicted molar refractivity (Wildman–Crippen MR) is 182 cm³/mol. The third kappa shape index (κ3) is 9.12. The van der Waals surface area contributed by atoms with Crippen LogP contribution >= 0.6 is 12.4 Å². The van der Waals surface area contributed by atoms with E-state index >= 15 is 0 Å². The number of carboxylic acid groups (broad SMARTS) is 1. The minimum Gasteiger partial charge on any atom is -0.480 e. The second-order valence-corrected chi connectivity index (χ2v) is 11.9. The molecule has 4 aromatic carbocycles. The van der Waals surface area contributed by atoms with Crippen molar-refractivity contribution >= 4 is 30.4 Å². The molecule has 0 aliphatic carbocycles. The third-order valence-corrected chi connectivity index (χ3v) is 7.04. The van der Waals surface area contributed by atoms with Gasteiger partial charge < -0.3 is 44.6 Å². The van der Waals surface area contributed by atoms with Crippen molar-refractivity contribution in [2.45, 2.75) is 51.3 Å². The molecule has 0 fully saturated rings. The number of rotatable bonds is 7. The number of hydrogen-bond donors (Lipinski definition) is 3. The molecule has 0 bridgehead atoms. The summed E-state index contributed by atoms with van der Waals surface area (Å²) in [6, 6.07) is 23.5. The summed E-state index contributed by atoms with van der Waals surface area (Å²) in [4.78, 5) is 35.2. The van der Waals surface area contributed by atoms with Gasteiger partial charge in [0, 0.05) is 24.0 Å². The zero-order valence-electron chi connectivity index (χ0n) is 27.3. The maximum Gasteiger partial charge on any atom is 0.408 e. The molecule has 0 spiro atoms. The second-order valence-electron chi connectivity index (χ2n) is 11.9. The lowest BCUT2D eigenvalue weighted by Gasteiger charge is -2.25. The molecule has 0 saturated heterocycles. The van der Waals surface area contributed by atoms with Crippen LogP contribution in [0.15, 0.2) is 84.9 Å². The Morgan fingerprint density at radius 3 is 1.57 bits per heavy atom. The number of nitrogens with one attached hydrogen (secondary N) is 1. The number of hydrogen-bond acceptors (Lipinski definition) is 10. The maximum atomic E-state index is 12.2. The molecule has 2 aliphatic rings. The van der Waals surface area contributed by atoms with Gasteiger partial charge in [0.15, 0.2) is 46.0 Å². The number of para-hydroxylation sites is 6. The Hall–Kier alpha value is -5.46. The quantitative estimate of drug-likeness (QED) is 0.145. The molecule has 49 heavy (non-hydrogen) atoms. The average molecular weight is 693 g/mol. The standard InChI is InChI=1S/C21H23NO6.C15H13NO4.ClH/c1-21(2,3)28-20(24)22-14(19(23)25-4)12-13-8-7-11-17-18(13)27-16-10-6-5-9-15(16)26-17;16-10(15(17)18)8-9-4-3-7-13-14(9)20-12-6-2-1-5-11(12)19-13;/h5-11,14H,12H2,1-4H3,(H,22,24);1-7,10H,8,16H2,(H,17,18);1H/t14-;10-;/m00./s1. The summed E-state index contributed by atoms with van der Waals surface area (Å²) in [6.07, 6.45) is -0.361. The fraction of sp³-hybridized carbons (Fsp3) is 0.250. The zero-order valence-corrected chi connectivity index (χ0v) is 28.1. The van der Waals surface area contributed by atoms with Crippen LogP contribution in [0.2, 0.25) is 0 Å². The summed E-state index contributed by atoms with van der Waals surface area (Å²) in [5.74, 6) is 2.96. The molecule has 1 amide bonds. The minimum atomic E-state index is -1.04. The van der Waals surface area contributed by atoms with Crippen LogP contribution < -0.4 is 30.0 Å². The number of alkyl carbamates (subject to hydrolysis) is 1. The van der Waals surface area contributed by atoms with Gasteiger partial charge in [0.2, 0.25) is 0 Å². The number of carbonyl (C=O) groups excluding carboxylic acids is 2. The molecule has 4 aromatic rings. The Labute approximate surface area is 289 Å². The number of methoxy groups -OCH3 is 1. The Balaban J connectivity index is 0.000000227. The number of amides is 1. The molecular formula is C36H37ClN2O10. The van der Waals surface area contributed by atoms with Gasteiger partial charge in [-0.1, -0.05) is 48.5 Å². The van der Waals surface area contributed by atoms with Gasteiger partial charge >= 0.3 is 18.0 Å². The van der Waals surface area contributed by atoms with Crippen molar-refractivity contribution in [3.05, 3.63) is 96.1 Å². The van der Waals surface area contributed by atoms with Crippen LogP contribution in [-0.4, -0.2) is 47.9 Å². The number of fused-ring (bicyclic) bond motifs is 4. The van der Waals surface area contributed by atoms with Gasteiger partial charge in [0.1, 0.15) is 17.7 Å². The summed E-state index contributed by atoms with van der Waals surface area (Å²) in [6.45, 7) is 5.24. The largest absolute Gasteiger partial charge is 0.480 e. The molecule has 0 saturated carbocycles. The van der Waals surface area contributed by atoms with Crippen LogP contribution in [0.4, 0.5) is 4.79 Å². The molecule has 4 N–H and O–H groups in total. The van der Waals surface area contributed by atoms with E-state index in [4.69, 9.17) is 39.3 Å². The number of carbonyl (C=O) groups is 3. The van der Waals surface area contributed by atoms with Gasteiger partial charge in [-0.25, -0.2) is 9.59 Å². The topological polar surface area (TPSA) is 165 Å². The molecule has 2 heterocycles. The van der Waals surface area contributed by atoms with E-state index in [1.54, 1.807) is 63.2 Å². The monoisotopic (exact) mass is 692 g/mol. The van der Waals surface area contributed by atoms with Crippen molar-refractivity contribution in [3.8, 4) is 46.0 Å². The SMILES string of the molecule is COC(=O)[C@H](Cc1cccc2c1Oc1ccccc1O2)NC(=O)OC(C)(C)C.Cl.N[C@@H](Cc1cccc2c1Oc1ccccc1O2)C(=O)O. The van der Waals surface area contributed by atoms with Crippen molar-refractivity contribution in [2.75, 3.05) is 7.11 Å². The Bertz CT molecular complexity index is 1820. The number of benzene rings is 4. The van der Waals surface area contributed by atoms with Crippen LogP contribution in [0.25, 0.3) is 0 Å². The first-order valence-corrected chi connectivity index (χ1v) is 15.1. The highest BCUT2D eigenvalue weighted by Crippen LogP contribution is 2.48. The first kappa shape index (κ1) is 36.4. The van der Waals surface area contributed by atoms with E-state index in [9.17, 15) is 14.4 Å². The van der Waals surface area contributed by atoms with Crippen LogP contribution in [0.1, 0.15) is 31.9 Å². The van der Waals surface area contributed by atoms with Crippen LogP contribution in [0.3, 0.4) is 0 Å². The maximum absolute atomic E-state index is 12.2. The Morgan fingerprint density at radius 1 is 0.714 bits per heavy atom. The molecule has 2 atom stereocenters. The van der Waals surface area contributed by atoms with Crippen LogP contribution in [-0.2, 0) is 31.9 Å². The average Bonchev–Trinajstić information content (AvgIpc) is 3.05. The Morgan fingerprint density at radius 2 is 1.14 bits per heavy atom. The van der Waals surface area contributed by atoms with E-state index in [0.29, 0.717) is 57.1 Å². The van der Waals surface area contributed by atoms with Crippen molar-refractivity contribution in [2.24, 2.45) is 5.73 Å². The van der Waals surface area contributed by atoms with Gasteiger partial charge in [0.05, 0.1) is 7.11 Å². The van der Waals surface area contributed by atoms with E-state index in [-0.39, 0.29) is 25.2 Å². The van der Waals surface area contributed by atoms with Gasteiger partial charge in [-0.2, -0.15) is 0 Å². The number of carboxylic acids is 1. The molecule has 0 aromatic heterocycles. The highest BCUT2D eigenvalue weighted by Gasteiger charge is 2.29. The normalized spacial score (nSPS) is 13.0. The highest BCUT2D eigenvalue weighted by molar-refractivity contribution is 5.85. The summed E-state index contributed by atoms with van der Waals surface area (Å²) in [5.41, 5.74) is 6.30. The van der Waals surface area contributed by atoms with Gasteiger partial charge in [0.25, 0.3) is 0 Å². The van der Waals surface area contributed by atoms with Gasteiger partial charge in [-0.3, -0.25) is 4.79 Å². The third-order valence-electron chi connectivity index (χ3n) is 7.04. The number of halogens is 1. The lowest BCUT2D eigenvalue weighted by atomic mass is 10.0. The fourth-order valence-electron chi connectivity index (χ4n) is 4.86. The van der Waals surface area contributed by atoms with Crippen LogP contribution in [0.5, 0.6) is 46.0 Å². The second kappa shape index (κ2) is 15.6. The molecule has 12 nitrogen and oxygen atoms in total. The minimum absolute atomic E-state index is 0. The molecule has 13 heteroatoms. The molecule has 258 valence electrons. The molecule has 0 unspecified atom stereocenters. The van der Waals surface area contributed by atoms with Crippen molar-refractivity contribution in [3.63, 3.8) is 0 Å². The van der Waals surface area contributed by atoms with E-state index in [1.807, 2.05) is 42.5 Å². The number of ether oxygens (including phenoxy) is 6. The molecular weight excluding hydrogens is 656 g/mol. The number of esters is 1. The summed E-state index contributed by atoms with van der Waals surface area (Å²) in [5, 5.41) is 11.5. The molecule has 2 aliphatic heterocycles. The van der Waals surface area contributed by atoms with Gasteiger partial charge in [-0.15, -0.1) is 12.4 Å². The van der Waals surface area contributed by atoms with E-state index in [1.165, 1.54) is 7.11 Å². The van der Waals surface area contributed by atoms with E-state index in [2.05, 4.69) is 5.32 Å². The van der Waals surface area contributed by atoms with Crippen molar-refractivity contribution in [1.29, 1.82) is 0 Å². The zero-order chi connectivity index (χ0) is 34.4. The van der Waals surface area contributed by atoms with E-state index in [0.717, 1.165) is 0 Å². The first-order chi connectivity index (χ1) is 22.9. The lowest BCUT2D eigenvalue weighted by Crippen LogP contribution is -2.45. The summed E-state index contributed by atoms with van der Waals surface area (Å²) < 4.78 is 33.5. The fourth-order valence-corrected chi connectivity index (χ4v) is 4.86. The van der Waals surface area contributed by atoms with Crippen LogP contribution in [0, 0.1) is 0 Å². The smallest absolute Gasteiger partial charge is 0.408 e. The molecule has 6 rings (SSSR count). The van der Waals surface area contributed by atoms with E-state index < -0.39 is 35.7 Å². The summed E-state index contributed by atoms with van der Waals surface area (Å²) >= 11 is 0.